The molecule has 0 aliphatic carbocycles. The average Bonchev–Trinajstić information content (AvgIpc) is 2.94. The minimum Gasteiger partial charge on any atom is -0.460 e. The highest BCUT2D eigenvalue weighted by atomic mass is 31.2. The number of dihydropyridines is 1. The van der Waals surface area contributed by atoms with Gasteiger partial charge >= 0.3 is 13.6 Å². The second-order valence-corrected chi connectivity index (χ2v) is 11.7. The smallest absolute Gasteiger partial charge is 0.361 e. The van der Waals surface area contributed by atoms with Gasteiger partial charge in [-0.15, -0.1) is 0 Å². The van der Waals surface area contributed by atoms with Gasteiger partial charge < -0.3 is 14.8 Å². The van der Waals surface area contributed by atoms with Crippen LogP contribution in [0.4, 0.5) is 5.69 Å². The zero-order chi connectivity index (χ0) is 26.9. The molecule has 11 heteroatoms. The molecule has 0 aromatic heterocycles. The van der Waals surface area contributed by atoms with E-state index in [1.807, 2.05) is 6.92 Å². The van der Waals surface area contributed by atoms with Crippen LogP contribution in [0.1, 0.15) is 66.4 Å². The van der Waals surface area contributed by atoms with E-state index in [4.69, 9.17) is 18.5 Å². The van der Waals surface area contributed by atoms with Crippen molar-refractivity contribution in [1.29, 1.82) is 0 Å². The van der Waals surface area contributed by atoms with Gasteiger partial charge in [-0.25, -0.2) is 4.79 Å². The summed E-state index contributed by atoms with van der Waals surface area (Å²) in [5.74, 6) is -1.60. The van der Waals surface area contributed by atoms with Gasteiger partial charge in [0.2, 0.25) is 0 Å². The Morgan fingerprint density at radius 1 is 1.11 bits per heavy atom. The Bertz CT molecular complexity index is 1130. The van der Waals surface area contributed by atoms with Crippen LogP contribution in [-0.4, -0.2) is 41.9 Å². The molecule has 1 aromatic carbocycles. The molecule has 0 amide bonds. The molecular weight excluding hydrogens is 487 g/mol. The van der Waals surface area contributed by atoms with E-state index < -0.39 is 35.6 Å². The van der Waals surface area contributed by atoms with Gasteiger partial charge in [0.25, 0.3) is 5.69 Å². The summed E-state index contributed by atoms with van der Waals surface area (Å²) in [5.41, 5.74) is -0.420. The van der Waals surface area contributed by atoms with E-state index in [2.05, 4.69) is 5.32 Å². The van der Waals surface area contributed by atoms with Crippen molar-refractivity contribution in [3.8, 4) is 0 Å². The molecule has 36 heavy (non-hydrogen) atoms. The van der Waals surface area contributed by atoms with Gasteiger partial charge in [-0.05, 0) is 53.5 Å². The molecule has 0 bridgehead atoms. The number of ether oxygens (including phenoxy) is 2. The molecule has 1 unspecified atom stereocenters. The van der Waals surface area contributed by atoms with E-state index >= 15 is 0 Å². The molecule has 198 valence electrons. The lowest BCUT2D eigenvalue weighted by atomic mass is 9.86. The number of nitro benzene ring substituents is 1. The number of rotatable bonds is 9. The lowest BCUT2D eigenvalue weighted by Crippen LogP contribution is -2.41. The van der Waals surface area contributed by atoms with Gasteiger partial charge in [0.15, 0.2) is 0 Å². The molecule has 1 saturated heterocycles. The Hall–Kier alpha value is -2.52. The van der Waals surface area contributed by atoms with Crippen molar-refractivity contribution in [2.75, 3.05) is 19.8 Å². The minimum atomic E-state index is -3.97. The Morgan fingerprint density at radius 3 is 2.33 bits per heavy atom. The summed E-state index contributed by atoms with van der Waals surface area (Å²) in [6.07, 6.45) is 0.840. The largest absolute Gasteiger partial charge is 0.460 e. The van der Waals surface area contributed by atoms with Crippen molar-refractivity contribution >= 4 is 19.3 Å². The Balaban J connectivity index is 2.11. The number of benzene rings is 1. The van der Waals surface area contributed by atoms with Gasteiger partial charge in [0.1, 0.15) is 17.8 Å². The summed E-state index contributed by atoms with van der Waals surface area (Å²) < 4.78 is 37.4. The van der Waals surface area contributed by atoms with E-state index in [1.54, 1.807) is 47.6 Å². The van der Waals surface area contributed by atoms with Crippen molar-refractivity contribution in [2.45, 2.75) is 72.0 Å². The molecule has 1 atom stereocenters. The quantitative estimate of drug-likeness (QED) is 0.146. The lowest BCUT2D eigenvalue weighted by molar-refractivity contribution is -0.384. The van der Waals surface area contributed by atoms with Crippen LogP contribution in [0.15, 0.2) is 46.5 Å². The molecule has 1 aromatic rings. The number of carbonyl (C=O) groups is 1. The number of carbonyl (C=O) groups excluding carboxylic acids is 1. The summed E-state index contributed by atoms with van der Waals surface area (Å²) in [7, 11) is -3.97. The predicted octanol–water partition coefficient (Wildman–Crippen LogP) is 5.55. The van der Waals surface area contributed by atoms with Gasteiger partial charge in [-0.1, -0.05) is 19.1 Å². The number of esters is 1. The number of nitrogens with one attached hydrogen (secondary N) is 1. The summed E-state index contributed by atoms with van der Waals surface area (Å²) in [4.78, 5) is 24.4. The first-order valence-corrected chi connectivity index (χ1v) is 13.5. The van der Waals surface area contributed by atoms with E-state index in [0.29, 0.717) is 23.6 Å². The SMILES string of the molecule is CCCOCCOC(=O)C1=C(C)NC(C)=C(P2(=O)OC(C)(C)C(C)(C)O2)C1c1cccc([N+](=O)[O-])c1. The normalized spacial score (nSPS) is 22.4. The first-order chi connectivity index (χ1) is 16.7. The van der Waals surface area contributed by atoms with Crippen LogP contribution in [0.5, 0.6) is 0 Å². The Morgan fingerprint density at radius 2 is 1.75 bits per heavy atom. The third-order valence-corrected chi connectivity index (χ3v) is 9.19. The second-order valence-electron chi connectivity index (χ2n) is 9.91. The maximum absolute atomic E-state index is 14.3. The maximum atomic E-state index is 14.3. The number of nitrogens with zero attached hydrogens (tertiary/aromatic N) is 1. The van der Waals surface area contributed by atoms with E-state index in [-0.39, 0.29) is 29.8 Å². The van der Waals surface area contributed by atoms with Crippen molar-refractivity contribution in [2.24, 2.45) is 0 Å². The van der Waals surface area contributed by atoms with Crippen molar-refractivity contribution in [1.82, 2.24) is 5.32 Å². The van der Waals surface area contributed by atoms with Crippen LogP contribution < -0.4 is 5.32 Å². The Labute approximate surface area is 211 Å². The summed E-state index contributed by atoms with van der Waals surface area (Å²) in [6, 6.07) is 5.91. The molecule has 3 rings (SSSR count). The zero-order valence-electron chi connectivity index (χ0n) is 21.9. The lowest BCUT2D eigenvalue weighted by Gasteiger charge is -2.33. The van der Waals surface area contributed by atoms with Gasteiger partial charge in [0, 0.05) is 30.1 Å². The van der Waals surface area contributed by atoms with Crippen molar-refractivity contribution in [3.63, 3.8) is 0 Å². The van der Waals surface area contributed by atoms with Gasteiger partial charge in [0.05, 0.1) is 28.3 Å². The fourth-order valence-corrected chi connectivity index (χ4v) is 7.15. The van der Waals surface area contributed by atoms with Gasteiger partial charge in [-0.2, -0.15) is 0 Å². The molecule has 1 N–H and O–H groups in total. The molecule has 2 aliphatic rings. The van der Waals surface area contributed by atoms with Crippen LogP contribution in [0.3, 0.4) is 0 Å². The molecule has 0 saturated carbocycles. The number of non-ortho nitro benzene ring substituents is 1. The fourth-order valence-electron chi connectivity index (χ4n) is 4.21. The highest BCUT2D eigenvalue weighted by Crippen LogP contribution is 2.72. The van der Waals surface area contributed by atoms with Crippen LogP contribution >= 0.6 is 7.60 Å². The van der Waals surface area contributed by atoms with Crippen LogP contribution in [0.25, 0.3) is 0 Å². The molecule has 0 spiro atoms. The average molecular weight is 523 g/mol. The topological polar surface area (TPSA) is 126 Å². The van der Waals surface area contributed by atoms with Crippen LogP contribution in [0.2, 0.25) is 0 Å². The molecule has 2 heterocycles. The molecule has 1 fully saturated rings. The first-order valence-electron chi connectivity index (χ1n) is 11.9. The molecular formula is C25H35N2O8P. The zero-order valence-corrected chi connectivity index (χ0v) is 22.8. The summed E-state index contributed by atoms with van der Waals surface area (Å²) in [6.45, 7) is 13.3. The predicted molar refractivity (Wildman–Crippen MR) is 134 cm³/mol. The second kappa shape index (κ2) is 10.5. The third-order valence-electron chi connectivity index (χ3n) is 6.61. The molecule has 10 nitrogen and oxygen atoms in total. The first kappa shape index (κ1) is 28.1. The van der Waals surface area contributed by atoms with Gasteiger partial charge in [-0.3, -0.25) is 23.7 Å². The number of nitro groups is 1. The molecule has 2 aliphatic heterocycles. The number of hydrogen-bond acceptors (Lipinski definition) is 9. The van der Waals surface area contributed by atoms with Crippen LogP contribution in [0, 0.1) is 10.1 Å². The Kier molecular flexibility index (Phi) is 8.15. The highest BCUT2D eigenvalue weighted by Gasteiger charge is 2.59. The van der Waals surface area contributed by atoms with Crippen LogP contribution in [-0.2, 0) is 27.9 Å². The maximum Gasteiger partial charge on any atom is 0.361 e. The van der Waals surface area contributed by atoms with Crippen molar-refractivity contribution in [3.05, 3.63) is 62.2 Å². The summed E-state index contributed by atoms with van der Waals surface area (Å²) in [5, 5.41) is 14.9. The van der Waals surface area contributed by atoms with E-state index in [0.717, 1.165) is 6.42 Å². The minimum absolute atomic E-state index is 0.0278. The molecule has 0 radical (unpaired) electrons. The van der Waals surface area contributed by atoms with E-state index in [9.17, 15) is 19.5 Å². The van der Waals surface area contributed by atoms with Crippen molar-refractivity contribution < 1.29 is 32.8 Å². The number of allylic oxidation sites excluding steroid dienone is 3. The monoisotopic (exact) mass is 522 g/mol. The highest BCUT2D eigenvalue weighted by molar-refractivity contribution is 7.59. The number of hydrogen-bond donors (Lipinski definition) is 1. The fraction of sp³-hybridized carbons (Fsp3) is 0.560. The summed E-state index contributed by atoms with van der Waals surface area (Å²) >= 11 is 0. The third kappa shape index (κ3) is 5.42. The van der Waals surface area contributed by atoms with E-state index in [1.165, 1.54) is 18.2 Å². The standard InChI is InChI=1S/C25H35N2O8P/c1-8-12-32-13-14-33-23(28)20-16(2)26-17(3)22(36(31)34-24(4,5)25(6,7)35-36)21(20)18-10-9-11-19(15-18)27(29)30/h9-11,15,21,26H,8,12-14H2,1-7H3.